The lowest BCUT2D eigenvalue weighted by molar-refractivity contribution is 0.0482. The van der Waals surface area contributed by atoms with E-state index >= 15 is 0 Å². The molecule has 0 amide bonds. The molecule has 0 spiro atoms. The zero-order valence-corrected chi connectivity index (χ0v) is 50.7. The van der Waals surface area contributed by atoms with Crippen LogP contribution in [0.5, 0.6) is 0 Å². The summed E-state index contributed by atoms with van der Waals surface area (Å²) in [5.74, 6) is 1.10. The third-order valence-corrected chi connectivity index (χ3v) is 27.6. The fourth-order valence-electron chi connectivity index (χ4n) is 9.01. The van der Waals surface area contributed by atoms with Gasteiger partial charge >= 0.3 is 0 Å². The lowest BCUT2D eigenvalue weighted by Gasteiger charge is -2.43. The van der Waals surface area contributed by atoms with Gasteiger partial charge in [-0.2, -0.15) is 8.42 Å². The molecule has 13 heteroatoms. The summed E-state index contributed by atoms with van der Waals surface area (Å²) in [5.41, 5.74) is 3.30. The minimum atomic E-state index is -3.94. The molecule has 1 aliphatic heterocycles. The van der Waals surface area contributed by atoms with Crippen LogP contribution < -0.4 is 0 Å². The molecule has 0 radical (unpaired) electrons. The second-order valence-electron chi connectivity index (χ2n) is 22.5. The first-order valence-electron chi connectivity index (χ1n) is 25.5. The van der Waals surface area contributed by atoms with Crippen molar-refractivity contribution in [2.45, 2.75) is 197 Å². The van der Waals surface area contributed by atoms with E-state index in [9.17, 15) is 8.42 Å². The molecule has 2 heterocycles. The summed E-state index contributed by atoms with van der Waals surface area (Å²) in [5, 5.41) is 0.303. The van der Waals surface area contributed by atoms with Crippen LogP contribution in [0.2, 0.25) is 36.3 Å². The normalized spacial score (nSPS) is 18.1. The van der Waals surface area contributed by atoms with E-state index in [-0.39, 0.29) is 27.1 Å². The first kappa shape index (κ1) is 57.9. The molecular formula is C56H83I2N3O5SSi2. The number of rotatable bonds is 16. The van der Waals surface area contributed by atoms with Crippen LogP contribution in [-0.2, 0) is 23.2 Å². The first-order chi connectivity index (χ1) is 32.5. The topological polar surface area (TPSA) is 92.0 Å². The van der Waals surface area contributed by atoms with Gasteiger partial charge in [-0.3, -0.25) is 9.18 Å². The van der Waals surface area contributed by atoms with Crippen molar-refractivity contribution in [1.29, 1.82) is 0 Å². The fraction of sp³-hybridized carbons (Fsp3) is 0.571. The number of hydrogen-bond donors (Lipinski definition) is 0. The van der Waals surface area contributed by atoms with E-state index in [0.29, 0.717) is 24.4 Å². The Bertz CT molecular complexity index is 2320. The summed E-state index contributed by atoms with van der Waals surface area (Å²) < 4.78 is 51.6. The molecule has 2 aliphatic carbocycles. The van der Waals surface area contributed by atoms with Crippen LogP contribution in [0.25, 0.3) is 0 Å². The monoisotopic (exact) mass is 1220 g/mol. The van der Waals surface area contributed by atoms with Crippen molar-refractivity contribution in [3.05, 3.63) is 128 Å². The van der Waals surface area contributed by atoms with E-state index < -0.39 is 32.9 Å². The molecular weight excluding hydrogens is 1140 g/mol. The van der Waals surface area contributed by atoms with E-state index in [1.54, 1.807) is 18.3 Å². The molecule has 7 rings (SSSR count). The third kappa shape index (κ3) is 17.3. The number of nitrogens with zero attached hydrogens (tertiary/aromatic N) is 3. The summed E-state index contributed by atoms with van der Waals surface area (Å²) in [4.78, 5) is 8.33. The molecule has 8 nitrogen and oxygen atoms in total. The maximum atomic E-state index is 13.4. The predicted octanol–water partition coefficient (Wildman–Crippen LogP) is 16.8. The summed E-state index contributed by atoms with van der Waals surface area (Å²) in [7, 11) is -7.85. The minimum Gasteiger partial charge on any atom is -0.414 e. The molecule has 380 valence electrons. The number of allylic oxidation sites excluding steroid dienone is 1. The smallest absolute Gasteiger partial charge is 0.297 e. The lowest BCUT2D eigenvalue weighted by atomic mass is 9.82. The Morgan fingerprint density at radius 3 is 1.61 bits per heavy atom. The maximum Gasteiger partial charge on any atom is 0.297 e. The van der Waals surface area contributed by atoms with Gasteiger partial charge in [0.2, 0.25) is 0 Å². The average molecular weight is 1220 g/mol. The Kier molecular flexibility index (Phi) is 22.1. The Labute approximate surface area is 447 Å². The minimum absolute atomic E-state index is 0.0367. The van der Waals surface area contributed by atoms with E-state index in [0.717, 1.165) is 40.4 Å². The SMILES string of the molecule is C1=CN=CC1.CC(C)(C)[Si](C)(C)O[C@@H](C[C@@H](c1ccccc1I)n1ccnc1)C1CCCCC1.Cc1ccc(S(=O)(=O)O[C@H](C[C@H](O[Si](C)(C)C(C)(C)C)C2CCCCC2)c2ccccc2I)cc1. The van der Waals surface area contributed by atoms with Gasteiger partial charge < -0.3 is 13.4 Å². The summed E-state index contributed by atoms with van der Waals surface area (Å²) in [6.07, 6.45) is 26.5. The van der Waals surface area contributed by atoms with Crippen LogP contribution in [0.1, 0.15) is 154 Å². The van der Waals surface area contributed by atoms with Crippen molar-refractivity contribution in [2.75, 3.05) is 0 Å². The standard InChI is InChI=1S/C28H41IO4SSi.C24H37IN2OSi.C4H5N/c1-21-16-18-23(19-17-21)34(30,31)32-27(24-14-10-11-15-25(24)29)20-26(22-12-8-7-9-13-22)33-35(5,6)28(2,3)4;1-24(2,3)29(4,5)28-23(19-11-7-6-8-12-19)17-22(27-16-15-26-18-27)20-13-9-10-14-21(20)25;1-2-4-5-3-1/h10-11,14-19,22,26-27H,7-9,12-13,20H2,1-6H3;9-10,13-16,18-19,22-23H,6-8,11-12,17H2,1-5H3;1,3-4H,2H2/t26-,27+;22-,23-;/m00./s1. The highest BCUT2D eigenvalue weighted by Gasteiger charge is 2.43. The number of aliphatic imine (C=N–C) groups is 1. The number of aryl methyl sites for hydroxylation is 1. The van der Waals surface area contributed by atoms with E-state index in [1.165, 1.54) is 60.5 Å². The van der Waals surface area contributed by atoms with Gasteiger partial charge in [-0.15, -0.1) is 0 Å². The number of imidazole rings is 1. The molecule has 69 heavy (non-hydrogen) atoms. The van der Waals surface area contributed by atoms with Gasteiger partial charge in [-0.1, -0.05) is 140 Å². The van der Waals surface area contributed by atoms with Gasteiger partial charge in [-0.05, 0) is 168 Å². The maximum absolute atomic E-state index is 13.4. The summed E-state index contributed by atoms with van der Waals surface area (Å²) in [6.45, 7) is 25.2. The van der Waals surface area contributed by atoms with Crippen LogP contribution in [-0.4, -0.2) is 53.0 Å². The van der Waals surface area contributed by atoms with Crippen molar-refractivity contribution >= 4 is 78.1 Å². The molecule has 4 atom stereocenters. The largest absolute Gasteiger partial charge is 0.414 e. The van der Waals surface area contributed by atoms with Crippen molar-refractivity contribution in [3.63, 3.8) is 0 Å². The first-order valence-corrected chi connectivity index (χ1v) is 34.9. The highest BCUT2D eigenvalue weighted by Crippen LogP contribution is 2.45. The zero-order valence-electron chi connectivity index (χ0n) is 43.6. The highest BCUT2D eigenvalue weighted by atomic mass is 127. The molecule has 3 aliphatic rings. The Morgan fingerprint density at radius 1 is 0.696 bits per heavy atom. The average Bonchev–Trinajstić information content (AvgIpc) is 4.07. The quantitative estimate of drug-likeness (QED) is 0.0630. The highest BCUT2D eigenvalue weighted by molar-refractivity contribution is 14.1. The molecule has 0 N–H and O–H groups in total. The van der Waals surface area contributed by atoms with E-state index in [4.69, 9.17) is 13.0 Å². The number of benzene rings is 3. The van der Waals surface area contributed by atoms with E-state index in [2.05, 4.69) is 158 Å². The molecule has 0 saturated heterocycles. The fourth-order valence-corrected chi connectivity index (χ4v) is 14.4. The Morgan fingerprint density at radius 2 is 1.19 bits per heavy atom. The van der Waals surface area contributed by atoms with Gasteiger partial charge in [0.1, 0.15) is 6.10 Å². The molecule has 4 aromatic rings. The van der Waals surface area contributed by atoms with Gasteiger partial charge in [0.15, 0.2) is 16.6 Å². The second kappa shape index (κ2) is 26.3. The van der Waals surface area contributed by atoms with Gasteiger partial charge in [0.25, 0.3) is 10.1 Å². The van der Waals surface area contributed by atoms with Crippen molar-refractivity contribution in [2.24, 2.45) is 16.8 Å². The van der Waals surface area contributed by atoms with Crippen LogP contribution in [0, 0.1) is 25.9 Å². The second-order valence-corrected chi connectivity index (χ2v) is 35.9. The molecule has 2 saturated carbocycles. The van der Waals surface area contributed by atoms with Crippen LogP contribution in [0.3, 0.4) is 0 Å². The molecule has 3 aromatic carbocycles. The molecule has 2 fully saturated rings. The van der Waals surface area contributed by atoms with Crippen LogP contribution in [0.15, 0.2) is 114 Å². The van der Waals surface area contributed by atoms with Crippen LogP contribution in [0.4, 0.5) is 0 Å². The number of halogens is 2. The molecule has 0 bridgehead atoms. The van der Waals surface area contributed by atoms with Crippen molar-refractivity contribution in [3.8, 4) is 0 Å². The lowest BCUT2D eigenvalue weighted by Crippen LogP contribution is -2.46. The summed E-state index contributed by atoms with van der Waals surface area (Å²) >= 11 is 4.76. The Hall–Kier alpha value is -2.00. The van der Waals surface area contributed by atoms with Crippen molar-refractivity contribution < 1.29 is 21.5 Å². The summed E-state index contributed by atoms with van der Waals surface area (Å²) in [6, 6.07) is 23.8. The third-order valence-electron chi connectivity index (χ3n) is 15.2. The zero-order chi connectivity index (χ0) is 50.5. The van der Waals surface area contributed by atoms with Gasteiger partial charge in [0.05, 0.1) is 29.5 Å². The van der Waals surface area contributed by atoms with E-state index in [1.807, 2.05) is 68.1 Å². The van der Waals surface area contributed by atoms with Gasteiger partial charge in [-0.25, -0.2) is 4.98 Å². The molecule has 1 aromatic heterocycles. The Balaban J connectivity index is 0.000000236. The van der Waals surface area contributed by atoms with Gasteiger partial charge in [0, 0.05) is 44.8 Å². The number of aromatic nitrogens is 2. The predicted molar refractivity (Wildman–Crippen MR) is 310 cm³/mol. The molecule has 0 unspecified atom stereocenters. The van der Waals surface area contributed by atoms with Crippen molar-refractivity contribution in [1.82, 2.24) is 9.55 Å². The number of hydrogen-bond acceptors (Lipinski definition) is 7. The van der Waals surface area contributed by atoms with Crippen LogP contribution >= 0.6 is 45.2 Å².